The number of nitrogens with one attached hydrogen (secondary N) is 2. The molecular weight excluding hydrogens is 539 g/mol. The summed E-state index contributed by atoms with van der Waals surface area (Å²) in [6.07, 6.45) is 10.00. The number of fused-ring (bicyclic) bond motifs is 1. The van der Waals surface area contributed by atoms with Crippen LogP contribution in [0, 0.1) is 0 Å². The normalized spacial score (nSPS) is 15.6. The average Bonchev–Trinajstić information content (AvgIpc) is 3.55. The molecule has 0 atom stereocenters. The van der Waals surface area contributed by atoms with Gasteiger partial charge in [0.25, 0.3) is 0 Å². The molecule has 0 bridgehead atoms. The van der Waals surface area contributed by atoms with E-state index in [2.05, 4.69) is 42.7 Å². The van der Waals surface area contributed by atoms with E-state index in [-0.39, 0.29) is 24.0 Å². The van der Waals surface area contributed by atoms with Gasteiger partial charge in [-0.2, -0.15) is 0 Å². The van der Waals surface area contributed by atoms with Gasteiger partial charge in [-0.25, -0.2) is 0 Å². The van der Waals surface area contributed by atoms with Crippen molar-refractivity contribution in [1.82, 2.24) is 25.4 Å². The highest BCUT2D eigenvalue weighted by atomic mass is 127. The van der Waals surface area contributed by atoms with Crippen molar-refractivity contribution in [2.75, 3.05) is 33.2 Å². The summed E-state index contributed by atoms with van der Waals surface area (Å²) in [6, 6.07) is 6.67. The molecule has 8 nitrogen and oxygen atoms in total. The van der Waals surface area contributed by atoms with Crippen molar-refractivity contribution in [3.8, 4) is 11.5 Å². The van der Waals surface area contributed by atoms with Crippen molar-refractivity contribution in [2.24, 2.45) is 4.99 Å². The van der Waals surface area contributed by atoms with E-state index in [1.165, 1.54) is 31.2 Å². The minimum Gasteiger partial charge on any atom is -0.454 e. The molecule has 2 N–H and O–H groups in total. The molecule has 0 spiro atoms. The summed E-state index contributed by atoms with van der Waals surface area (Å²) < 4.78 is 13.2. The highest BCUT2D eigenvalue weighted by molar-refractivity contribution is 14.0. The zero-order valence-electron chi connectivity index (χ0n) is 18.8. The third-order valence-corrected chi connectivity index (χ3v) is 6.49. The maximum atomic E-state index is 5.45. The van der Waals surface area contributed by atoms with Crippen LogP contribution in [0.15, 0.2) is 28.3 Å². The third kappa shape index (κ3) is 6.21. The first-order valence-corrected chi connectivity index (χ1v) is 12.3. The van der Waals surface area contributed by atoms with E-state index in [0.717, 1.165) is 60.8 Å². The molecule has 1 saturated carbocycles. The van der Waals surface area contributed by atoms with E-state index >= 15 is 0 Å². The Labute approximate surface area is 211 Å². The van der Waals surface area contributed by atoms with Crippen molar-refractivity contribution in [3.63, 3.8) is 0 Å². The Morgan fingerprint density at radius 1 is 1.12 bits per heavy atom. The molecular formula is C22H33IN6O2S. The number of rotatable bonds is 9. The van der Waals surface area contributed by atoms with Crippen molar-refractivity contribution in [3.05, 3.63) is 29.6 Å². The molecule has 0 saturated heterocycles. The predicted molar refractivity (Wildman–Crippen MR) is 139 cm³/mol. The zero-order chi connectivity index (χ0) is 21.5. The van der Waals surface area contributed by atoms with Gasteiger partial charge in [-0.3, -0.25) is 4.99 Å². The Bertz CT molecular complexity index is 901. The number of aliphatic imine (C=N–C) groups is 1. The summed E-state index contributed by atoms with van der Waals surface area (Å²) in [4.78, 5) is 4.33. The van der Waals surface area contributed by atoms with Crippen molar-refractivity contribution in [1.29, 1.82) is 0 Å². The minimum absolute atomic E-state index is 0. The Morgan fingerprint density at radius 2 is 1.91 bits per heavy atom. The molecule has 1 aromatic heterocycles. The van der Waals surface area contributed by atoms with Gasteiger partial charge in [0, 0.05) is 32.6 Å². The number of guanidine groups is 1. The Hall–Kier alpha value is -1.69. The van der Waals surface area contributed by atoms with Gasteiger partial charge in [0.15, 0.2) is 22.6 Å². The van der Waals surface area contributed by atoms with Crippen LogP contribution in [0.4, 0.5) is 0 Å². The van der Waals surface area contributed by atoms with Gasteiger partial charge < -0.3 is 24.7 Å². The molecule has 4 rings (SSSR count). The number of benzene rings is 1. The van der Waals surface area contributed by atoms with Crippen molar-refractivity contribution >= 4 is 41.7 Å². The third-order valence-electron chi connectivity index (χ3n) is 5.84. The second-order valence-electron chi connectivity index (χ2n) is 7.88. The van der Waals surface area contributed by atoms with Gasteiger partial charge >= 0.3 is 0 Å². The van der Waals surface area contributed by atoms with Crippen LogP contribution < -0.4 is 20.1 Å². The molecule has 1 aliphatic carbocycles. The molecule has 2 heterocycles. The van der Waals surface area contributed by atoms with E-state index in [1.807, 2.05) is 12.1 Å². The van der Waals surface area contributed by atoms with Crippen LogP contribution in [0.1, 0.15) is 49.5 Å². The molecule has 2 aliphatic rings. The number of aryl methyl sites for hydroxylation is 1. The van der Waals surface area contributed by atoms with Crippen LogP contribution in [-0.2, 0) is 12.8 Å². The molecule has 2 aromatic rings. The second-order valence-corrected chi connectivity index (χ2v) is 8.65. The number of ether oxygens (including phenoxy) is 2. The maximum Gasteiger partial charge on any atom is 0.231 e. The molecule has 0 unspecified atom stereocenters. The van der Waals surface area contributed by atoms with E-state index < -0.39 is 0 Å². The summed E-state index contributed by atoms with van der Waals surface area (Å²) in [5, 5.41) is 16.7. The van der Waals surface area contributed by atoms with Crippen molar-refractivity contribution < 1.29 is 9.47 Å². The van der Waals surface area contributed by atoms with Gasteiger partial charge in [0.2, 0.25) is 6.79 Å². The van der Waals surface area contributed by atoms with E-state index in [4.69, 9.17) is 9.47 Å². The fourth-order valence-electron chi connectivity index (χ4n) is 4.24. The average molecular weight is 573 g/mol. The largest absolute Gasteiger partial charge is 0.454 e. The molecule has 0 radical (unpaired) electrons. The first-order chi connectivity index (χ1) is 15.3. The van der Waals surface area contributed by atoms with Crippen LogP contribution >= 0.6 is 35.7 Å². The number of thioether (sulfide) groups is 1. The molecule has 176 valence electrons. The number of aromatic nitrogens is 3. The fourth-order valence-corrected chi connectivity index (χ4v) is 4.82. The number of hydrogen-bond donors (Lipinski definition) is 2. The molecule has 32 heavy (non-hydrogen) atoms. The number of hydrogen-bond acceptors (Lipinski definition) is 6. The first kappa shape index (κ1) is 24.9. The standard InChI is InChI=1S/C22H32N6O2S.HI/c1-23-21(25-13-11-16-9-10-18-19(14-16)30-15-29-18)24-12-5-8-20-26-27-22(31-2)28(20)17-6-3-4-7-17;/h9-10,14,17H,3-8,11-13,15H2,1-2H3,(H2,23,24,25);1H. The van der Waals surface area contributed by atoms with Crippen LogP contribution in [0.2, 0.25) is 0 Å². The summed E-state index contributed by atoms with van der Waals surface area (Å²) in [7, 11) is 1.80. The number of halogens is 1. The summed E-state index contributed by atoms with van der Waals surface area (Å²) in [6.45, 7) is 1.95. The summed E-state index contributed by atoms with van der Waals surface area (Å²) in [5.74, 6) is 3.59. The first-order valence-electron chi connectivity index (χ1n) is 11.1. The smallest absolute Gasteiger partial charge is 0.231 e. The van der Waals surface area contributed by atoms with Gasteiger partial charge in [0.05, 0.1) is 0 Å². The van der Waals surface area contributed by atoms with Crippen LogP contribution in [0.25, 0.3) is 0 Å². The van der Waals surface area contributed by atoms with E-state index in [9.17, 15) is 0 Å². The SMILES string of the molecule is CN=C(NCCCc1nnc(SC)n1C1CCCC1)NCCc1ccc2c(c1)OCO2.I. The Kier molecular flexibility index (Phi) is 9.76. The summed E-state index contributed by atoms with van der Waals surface area (Å²) in [5.41, 5.74) is 1.21. The van der Waals surface area contributed by atoms with Crippen molar-refractivity contribution in [2.45, 2.75) is 56.1 Å². The zero-order valence-corrected chi connectivity index (χ0v) is 21.9. The Balaban J connectivity index is 0.00000289. The van der Waals surface area contributed by atoms with Gasteiger partial charge in [-0.05, 0) is 49.6 Å². The van der Waals surface area contributed by atoms with E-state index in [1.54, 1.807) is 18.8 Å². The number of nitrogens with zero attached hydrogens (tertiary/aromatic N) is 4. The van der Waals surface area contributed by atoms with Crippen LogP contribution in [0.3, 0.4) is 0 Å². The maximum absolute atomic E-state index is 5.45. The minimum atomic E-state index is 0. The van der Waals surface area contributed by atoms with E-state index in [0.29, 0.717) is 12.8 Å². The quantitative estimate of drug-likeness (QED) is 0.156. The topological polar surface area (TPSA) is 85.6 Å². The molecule has 1 fully saturated rings. The molecule has 1 aromatic carbocycles. The summed E-state index contributed by atoms with van der Waals surface area (Å²) >= 11 is 1.69. The molecule has 0 amide bonds. The van der Waals surface area contributed by atoms with Gasteiger partial charge in [0.1, 0.15) is 5.82 Å². The van der Waals surface area contributed by atoms with Gasteiger partial charge in [-0.15, -0.1) is 34.2 Å². The highest BCUT2D eigenvalue weighted by Crippen LogP contribution is 2.34. The lowest BCUT2D eigenvalue weighted by molar-refractivity contribution is 0.174. The second kappa shape index (κ2) is 12.5. The molecule has 1 aliphatic heterocycles. The van der Waals surface area contributed by atoms with Crippen LogP contribution in [-0.4, -0.2) is 53.9 Å². The van der Waals surface area contributed by atoms with Gasteiger partial charge in [-0.1, -0.05) is 30.7 Å². The van der Waals surface area contributed by atoms with Crippen LogP contribution in [0.5, 0.6) is 11.5 Å². The lowest BCUT2D eigenvalue weighted by Gasteiger charge is -2.16. The highest BCUT2D eigenvalue weighted by Gasteiger charge is 2.23. The molecule has 10 heteroatoms. The lowest BCUT2D eigenvalue weighted by atomic mass is 10.1. The predicted octanol–water partition coefficient (Wildman–Crippen LogP) is 3.80. The lowest BCUT2D eigenvalue weighted by Crippen LogP contribution is -2.38. The Morgan fingerprint density at radius 3 is 2.69 bits per heavy atom. The monoisotopic (exact) mass is 572 g/mol. The fraction of sp³-hybridized carbons (Fsp3) is 0.591.